The van der Waals surface area contributed by atoms with Crippen LogP contribution < -0.4 is 0 Å². The molecular formula is C43H72O5. The molecule has 5 nitrogen and oxygen atoms in total. The number of aliphatic hydroxyl groups is 1. The van der Waals surface area contributed by atoms with Gasteiger partial charge in [0.15, 0.2) is 6.10 Å². The zero-order chi connectivity index (χ0) is 35.0. The fraction of sp³-hybridized carbons (Fsp3) is 0.674. The number of carbonyl (C=O) groups excluding carboxylic acids is 2. The fourth-order valence-electron chi connectivity index (χ4n) is 5.00. The van der Waals surface area contributed by atoms with E-state index < -0.39 is 6.10 Å². The molecule has 0 amide bonds. The molecule has 0 heterocycles. The summed E-state index contributed by atoms with van der Waals surface area (Å²) in [7, 11) is 0. The molecule has 0 fully saturated rings. The van der Waals surface area contributed by atoms with E-state index in [-0.39, 0.29) is 31.6 Å². The Hall–Kier alpha value is -2.66. The van der Waals surface area contributed by atoms with Gasteiger partial charge in [0.05, 0.1) is 6.61 Å². The number of hydrogen-bond donors (Lipinski definition) is 1. The van der Waals surface area contributed by atoms with Crippen LogP contribution in [0.4, 0.5) is 0 Å². The van der Waals surface area contributed by atoms with Gasteiger partial charge in [-0.1, -0.05) is 151 Å². The van der Waals surface area contributed by atoms with Crippen molar-refractivity contribution in [3.8, 4) is 0 Å². The van der Waals surface area contributed by atoms with Crippen molar-refractivity contribution in [3.05, 3.63) is 72.9 Å². The van der Waals surface area contributed by atoms with Crippen molar-refractivity contribution in [3.63, 3.8) is 0 Å². The molecule has 0 spiro atoms. The Morgan fingerprint density at radius 1 is 0.479 bits per heavy atom. The van der Waals surface area contributed by atoms with E-state index in [9.17, 15) is 14.7 Å². The van der Waals surface area contributed by atoms with Gasteiger partial charge in [0.25, 0.3) is 0 Å². The molecule has 0 saturated carbocycles. The molecule has 0 bridgehead atoms. The van der Waals surface area contributed by atoms with Crippen molar-refractivity contribution in [2.75, 3.05) is 13.2 Å². The Morgan fingerprint density at radius 2 is 0.833 bits per heavy atom. The molecule has 0 saturated heterocycles. The Morgan fingerprint density at radius 3 is 1.25 bits per heavy atom. The van der Waals surface area contributed by atoms with Crippen LogP contribution in [0.15, 0.2) is 72.9 Å². The van der Waals surface area contributed by atoms with E-state index in [0.717, 1.165) is 38.5 Å². The number of ether oxygens (including phenoxy) is 2. The molecule has 274 valence electrons. The summed E-state index contributed by atoms with van der Waals surface area (Å²) >= 11 is 0. The van der Waals surface area contributed by atoms with Crippen LogP contribution in [0.1, 0.15) is 168 Å². The van der Waals surface area contributed by atoms with Crippen molar-refractivity contribution in [2.24, 2.45) is 0 Å². The summed E-state index contributed by atoms with van der Waals surface area (Å²) in [5.74, 6) is -0.719. The number of esters is 2. The van der Waals surface area contributed by atoms with Gasteiger partial charge in [0.1, 0.15) is 6.61 Å². The van der Waals surface area contributed by atoms with E-state index in [1.807, 2.05) is 0 Å². The Labute approximate surface area is 295 Å². The maximum absolute atomic E-state index is 12.1. The number of allylic oxidation sites excluding steroid dienone is 12. The van der Waals surface area contributed by atoms with Gasteiger partial charge in [0.2, 0.25) is 0 Å². The lowest BCUT2D eigenvalue weighted by Gasteiger charge is -2.15. The summed E-state index contributed by atoms with van der Waals surface area (Å²) < 4.78 is 10.5. The number of rotatable bonds is 34. The zero-order valence-corrected chi connectivity index (χ0v) is 31.0. The van der Waals surface area contributed by atoms with Crippen LogP contribution in [0.5, 0.6) is 0 Å². The van der Waals surface area contributed by atoms with Gasteiger partial charge in [-0.05, 0) is 77.0 Å². The van der Waals surface area contributed by atoms with Crippen molar-refractivity contribution in [1.29, 1.82) is 0 Å². The van der Waals surface area contributed by atoms with Gasteiger partial charge >= 0.3 is 11.9 Å². The van der Waals surface area contributed by atoms with Gasteiger partial charge in [0, 0.05) is 12.8 Å². The maximum atomic E-state index is 12.1. The van der Waals surface area contributed by atoms with Crippen LogP contribution in [-0.4, -0.2) is 36.4 Å². The van der Waals surface area contributed by atoms with Crippen LogP contribution in [0, 0.1) is 0 Å². The minimum atomic E-state index is -0.820. The van der Waals surface area contributed by atoms with Crippen LogP contribution in [-0.2, 0) is 19.1 Å². The van der Waals surface area contributed by atoms with Crippen LogP contribution in [0.2, 0.25) is 0 Å². The summed E-state index contributed by atoms with van der Waals surface area (Å²) in [6.45, 7) is 4.02. The lowest BCUT2D eigenvalue weighted by Crippen LogP contribution is -2.28. The number of unbranched alkanes of at least 4 members (excludes halogenated alkanes) is 14. The summed E-state index contributed by atoms with van der Waals surface area (Å²) in [6.07, 6.45) is 51.1. The summed E-state index contributed by atoms with van der Waals surface area (Å²) in [5, 5.41) is 9.53. The lowest BCUT2D eigenvalue weighted by molar-refractivity contribution is -0.161. The Bertz CT molecular complexity index is 895. The molecule has 1 atom stereocenters. The molecule has 5 heteroatoms. The van der Waals surface area contributed by atoms with Crippen molar-refractivity contribution < 1.29 is 24.2 Å². The molecule has 0 aliphatic heterocycles. The molecule has 0 rings (SSSR count). The first kappa shape index (κ1) is 45.3. The standard InChI is InChI=1S/C43H72O5/c1-3-5-7-9-11-13-15-17-19-21-23-25-27-29-31-33-35-37-42(45)47-40-41(39-44)48-43(46)38-36-34-32-30-28-26-24-22-20-18-16-14-12-10-8-6-4-2/h17-20,23-26,29-32,41,44H,3-16,21-22,27-28,33-40H2,1-2H3/b19-17-,20-18-,25-23-,26-24-,31-29-,32-30-/t41-/m0/s1. The summed E-state index contributed by atoms with van der Waals surface area (Å²) in [6, 6.07) is 0. The second kappa shape index (κ2) is 38.8. The second-order valence-corrected chi connectivity index (χ2v) is 12.6. The fourth-order valence-corrected chi connectivity index (χ4v) is 5.00. The van der Waals surface area contributed by atoms with E-state index in [1.54, 1.807) is 0 Å². The van der Waals surface area contributed by atoms with Gasteiger partial charge in [-0.25, -0.2) is 0 Å². The van der Waals surface area contributed by atoms with Gasteiger partial charge < -0.3 is 14.6 Å². The quantitative estimate of drug-likeness (QED) is 0.0420. The highest BCUT2D eigenvalue weighted by Gasteiger charge is 2.15. The maximum Gasteiger partial charge on any atom is 0.306 e. The number of carbonyl (C=O) groups is 2. The smallest absolute Gasteiger partial charge is 0.306 e. The first-order valence-electron chi connectivity index (χ1n) is 19.5. The third-order valence-electron chi connectivity index (χ3n) is 7.97. The molecule has 0 aliphatic rings. The first-order valence-corrected chi connectivity index (χ1v) is 19.5. The van der Waals surface area contributed by atoms with Gasteiger partial charge in [-0.3, -0.25) is 9.59 Å². The minimum Gasteiger partial charge on any atom is -0.462 e. The highest BCUT2D eigenvalue weighted by Crippen LogP contribution is 2.09. The van der Waals surface area contributed by atoms with Crippen molar-refractivity contribution in [2.45, 2.75) is 174 Å². The first-order chi connectivity index (χ1) is 23.6. The topological polar surface area (TPSA) is 72.8 Å². The van der Waals surface area contributed by atoms with Gasteiger partial charge in [-0.15, -0.1) is 0 Å². The molecule has 48 heavy (non-hydrogen) atoms. The van der Waals surface area contributed by atoms with Gasteiger partial charge in [-0.2, -0.15) is 0 Å². The Kier molecular flexibility index (Phi) is 36.6. The van der Waals surface area contributed by atoms with Crippen LogP contribution >= 0.6 is 0 Å². The number of hydrogen-bond acceptors (Lipinski definition) is 5. The van der Waals surface area contributed by atoms with E-state index in [0.29, 0.717) is 19.3 Å². The predicted molar refractivity (Wildman–Crippen MR) is 205 cm³/mol. The monoisotopic (exact) mass is 669 g/mol. The number of aliphatic hydroxyl groups excluding tert-OH is 1. The van der Waals surface area contributed by atoms with Crippen LogP contribution in [0.3, 0.4) is 0 Å². The molecule has 1 N–H and O–H groups in total. The SMILES string of the molecule is CCCCCCCC/C=C\C/C=C\C/C=C\CCCC(=O)OC[C@H](CO)OC(=O)CCC/C=C\C/C=C\C/C=C\CCCCCCCC. The van der Waals surface area contributed by atoms with E-state index in [1.165, 1.54) is 89.9 Å². The lowest BCUT2D eigenvalue weighted by atomic mass is 10.1. The van der Waals surface area contributed by atoms with E-state index >= 15 is 0 Å². The van der Waals surface area contributed by atoms with Crippen molar-refractivity contribution >= 4 is 11.9 Å². The van der Waals surface area contributed by atoms with E-state index in [2.05, 4.69) is 86.8 Å². The normalized spacial score (nSPS) is 13.0. The molecule has 0 aromatic carbocycles. The molecule has 0 aromatic rings. The molecule has 0 aromatic heterocycles. The average Bonchev–Trinajstić information content (AvgIpc) is 3.09. The minimum absolute atomic E-state index is 0.115. The molecular weight excluding hydrogens is 596 g/mol. The molecule has 0 aliphatic carbocycles. The third kappa shape index (κ3) is 36.2. The van der Waals surface area contributed by atoms with Crippen LogP contribution in [0.25, 0.3) is 0 Å². The molecule has 0 unspecified atom stereocenters. The molecule has 0 radical (unpaired) electrons. The third-order valence-corrected chi connectivity index (χ3v) is 7.97. The predicted octanol–water partition coefficient (Wildman–Crippen LogP) is 12.2. The highest BCUT2D eigenvalue weighted by atomic mass is 16.6. The van der Waals surface area contributed by atoms with Crippen molar-refractivity contribution in [1.82, 2.24) is 0 Å². The second-order valence-electron chi connectivity index (χ2n) is 12.6. The summed E-state index contributed by atoms with van der Waals surface area (Å²) in [5.41, 5.74) is 0. The Balaban J connectivity index is 3.75. The highest BCUT2D eigenvalue weighted by molar-refractivity contribution is 5.70. The van der Waals surface area contributed by atoms with E-state index in [4.69, 9.17) is 9.47 Å². The average molecular weight is 669 g/mol. The zero-order valence-electron chi connectivity index (χ0n) is 31.0. The summed E-state index contributed by atoms with van der Waals surface area (Å²) in [4.78, 5) is 24.2. The largest absolute Gasteiger partial charge is 0.462 e.